The van der Waals surface area contributed by atoms with Gasteiger partial charge in [0.25, 0.3) is 0 Å². The van der Waals surface area contributed by atoms with Crippen molar-refractivity contribution in [3.8, 4) is 0 Å². The van der Waals surface area contributed by atoms with Crippen molar-refractivity contribution in [1.29, 1.82) is 0 Å². The predicted octanol–water partition coefficient (Wildman–Crippen LogP) is 2.41. The molecule has 3 nitrogen and oxygen atoms in total. The zero-order chi connectivity index (χ0) is 12.8. The molecule has 0 aromatic rings. The molecular weight excluding hydrogens is 224 g/mol. The monoisotopic (exact) mass is 254 g/mol. The van der Waals surface area contributed by atoms with Gasteiger partial charge in [0.2, 0.25) is 0 Å². The van der Waals surface area contributed by atoms with Gasteiger partial charge in [0.1, 0.15) is 0 Å². The first kappa shape index (κ1) is 14.3. The second-order valence-electron chi connectivity index (χ2n) is 6.13. The van der Waals surface area contributed by atoms with Crippen LogP contribution in [0.25, 0.3) is 0 Å². The molecule has 3 heteroatoms. The number of ether oxygens (including phenoxy) is 1. The van der Waals surface area contributed by atoms with Gasteiger partial charge in [0.05, 0.1) is 6.61 Å². The zero-order valence-corrected chi connectivity index (χ0v) is 12.2. The summed E-state index contributed by atoms with van der Waals surface area (Å²) in [4.78, 5) is 2.69. The van der Waals surface area contributed by atoms with E-state index in [1.54, 1.807) is 0 Å². The smallest absolute Gasteiger partial charge is 0.0589 e. The topological polar surface area (TPSA) is 24.5 Å². The second kappa shape index (κ2) is 6.88. The van der Waals surface area contributed by atoms with Gasteiger partial charge in [-0.15, -0.1) is 0 Å². The molecule has 2 fully saturated rings. The molecule has 1 saturated heterocycles. The fourth-order valence-corrected chi connectivity index (χ4v) is 3.69. The average molecular weight is 254 g/mol. The third kappa shape index (κ3) is 3.46. The largest absolute Gasteiger partial charge is 0.383 e. The summed E-state index contributed by atoms with van der Waals surface area (Å²) in [6.07, 6.45) is 9.58. The number of methoxy groups -OCH3 is 1. The summed E-state index contributed by atoms with van der Waals surface area (Å²) in [5.41, 5.74) is 0.427. The van der Waals surface area contributed by atoms with Crippen molar-refractivity contribution in [2.24, 2.45) is 0 Å². The first-order valence-corrected chi connectivity index (χ1v) is 7.78. The Morgan fingerprint density at radius 1 is 1.28 bits per heavy atom. The number of nitrogens with one attached hydrogen (secondary N) is 1. The van der Waals surface area contributed by atoms with Crippen LogP contribution in [-0.4, -0.2) is 49.8 Å². The Labute approximate surface area is 112 Å². The summed E-state index contributed by atoms with van der Waals surface area (Å²) >= 11 is 0. The van der Waals surface area contributed by atoms with E-state index in [0.717, 1.165) is 19.2 Å². The quantitative estimate of drug-likeness (QED) is 0.815. The molecule has 106 valence electrons. The molecule has 0 radical (unpaired) electrons. The molecule has 1 aliphatic carbocycles. The fraction of sp³-hybridized carbons (Fsp3) is 1.00. The van der Waals surface area contributed by atoms with Crippen LogP contribution >= 0.6 is 0 Å². The van der Waals surface area contributed by atoms with E-state index >= 15 is 0 Å². The van der Waals surface area contributed by atoms with E-state index in [0.29, 0.717) is 5.54 Å². The summed E-state index contributed by atoms with van der Waals surface area (Å²) < 4.78 is 5.28. The Morgan fingerprint density at radius 3 is 2.72 bits per heavy atom. The van der Waals surface area contributed by atoms with Crippen molar-refractivity contribution < 1.29 is 4.74 Å². The van der Waals surface area contributed by atoms with Crippen molar-refractivity contribution in [1.82, 2.24) is 10.2 Å². The van der Waals surface area contributed by atoms with Crippen LogP contribution < -0.4 is 5.32 Å². The third-order valence-electron chi connectivity index (χ3n) is 4.75. The third-order valence-corrected chi connectivity index (χ3v) is 4.75. The molecule has 1 saturated carbocycles. The fourth-order valence-electron chi connectivity index (χ4n) is 3.69. The molecular formula is C15H30N2O. The molecule has 0 amide bonds. The van der Waals surface area contributed by atoms with E-state index in [1.807, 2.05) is 7.11 Å². The molecule has 0 aromatic heterocycles. The van der Waals surface area contributed by atoms with E-state index in [1.165, 1.54) is 58.0 Å². The summed E-state index contributed by atoms with van der Waals surface area (Å²) in [5, 5.41) is 3.89. The number of hydrogen-bond acceptors (Lipinski definition) is 3. The molecule has 0 bridgehead atoms. The van der Waals surface area contributed by atoms with Gasteiger partial charge in [0.15, 0.2) is 0 Å². The molecule has 1 heterocycles. The first-order valence-electron chi connectivity index (χ1n) is 7.78. The zero-order valence-electron chi connectivity index (χ0n) is 12.2. The van der Waals surface area contributed by atoms with Crippen molar-refractivity contribution in [3.05, 3.63) is 0 Å². The second-order valence-corrected chi connectivity index (χ2v) is 6.13. The lowest BCUT2D eigenvalue weighted by Gasteiger charge is -2.50. The number of hydrogen-bond donors (Lipinski definition) is 1. The van der Waals surface area contributed by atoms with Crippen LogP contribution in [0, 0.1) is 0 Å². The van der Waals surface area contributed by atoms with E-state index in [9.17, 15) is 0 Å². The molecule has 1 atom stereocenters. The highest BCUT2D eigenvalue weighted by atomic mass is 16.5. The van der Waals surface area contributed by atoms with Crippen molar-refractivity contribution in [2.75, 3.05) is 33.4 Å². The van der Waals surface area contributed by atoms with Gasteiger partial charge in [-0.1, -0.05) is 32.6 Å². The van der Waals surface area contributed by atoms with Crippen LogP contribution in [0.15, 0.2) is 0 Å². The molecule has 2 aliphatic rings. The molecule has 1 N–H and O–H groups in total. The highest BCUT2D eigenvalue weighted by molar-refractivity contribution is 4.99. The van der Waals surface area contributed by atoms with E-state index in [2.05, 4.69) is 17.1 Å². The lowest BCUT2D eigenvalue weighted by atomic mass is 9.79. The maximum absolute atomic E-state index is 5.28. The Balaban J connectivity index is 1.94. The number of rotatable bonds is 5. The van der Waals surface area contributed by atoms with Crippen LogP contribution in [-0.2, 0) is 4.74 Å². The predicted molar refractivity (Wildman–Crippen MR) is 76.0 cm³/mol. The number of piperazine rings is 1. The van der Waals surface area contributed by atoms with Gasteiger partial charge in [-0.2, -0.15) is 0 Å². The lowest BCUT2D eigenvalue weighted by molar-refractivity contribution is 0.0333. The summed E-state index contributed by atoms with van der Waals surface area (Å²) in [7, 11) is 1.81. The first-order chi connectivity index (χ1) is 8.79. The van der Waals surface area contributed by atoms with E-state index in [-0.39, 0.29) is 0 Å². The Morgan fingerprint density at radius 2 is 2.06 bits per heavy atom. The van der Waals surface area contributed by atoms with Crippen LogP contribution in [0.4, 0.5) is 0 Å². The SMILES string of the molecule is CCCC1CNC2(CCCCC2)CN1CCOC. The van der Waals surface area contributed by atoms with Gasteiger partial charge >= 0.3 is 0 Å². The van der Waals surface area contributed by atoms with E-state index in [4.69, 9.17) is 4.74 Å². The van der Waals surface area contributed by atoms with Gasteiger partial charge < -0.3 is 10.1 Å². The summed E-state index contributed by atoms with van der Waals surface area (Å²) in [6.45, 7) is 6.68. The normalized spacial score (nSPS) is 28.7. The van der Waals surface area contributed by atoms with Crippen molar-refractivity contribution in [2.45, 2.75) is 63.5 Å². The van der Waals surface area contributed by atoms with Crippen molar-refractivity contribution >= 4 is 0 Å². The van der Waals surface area contributed by atoms with Crippen LogP contribution in [0.5, 0.6) is 0 Å². The Hall–Kier alpha value is -0.120. The molecule has 1 unspecified atom stereocenters. The van der Waals surface area contributed by atoms with Gasteiger partial charge in [-0.25, -0.2) is 0 Å². The summed E-state index contributed by atoms with van der Waals surface area (Å²) in [6, 6.07) is 0.720. The molecule has 1 spiro atoms. The van der Waals surface area contributed by atoms with Gasteiger partial charge in [-0.05, 0) is 19.3 Å². The Bertz CT molecular complexity index is 239. The minimum Gasteiger partial charge on any atom is -0.383 e. The highest BCUT2D eigenvalue weighted by Crippen LogP contribution is 2.32. The van der Waals surface area contributed by atoms with Gasteiger partial charge in [-0.3, -0.25) is 4.90 Å². The highest BCUT2D eigenvalue weighted by Gasteiger charge is 2.39. The molecule has 18 heavy (non-hydrogen) atoms. The van der Waals surface area contributed by atoms with Crippen molar-refractivity contribution in [3.63, 3.8) is 0 Å². The molecule has 0 aromatic carbocycles. The maximum atomic E-state index is 5.28. The van der Waals surface area contributed by atoms with Gasteiger partial charge in [0, 0.05) is 38.3 Å². The van der Waals surface area contributed by atoms with Crippen LogP contribution in [0.3, 0.4) is 0 Å². The number of nitrogens with zero attached hydrogens (tertiary/aromatic N) is 1. The minimum atomic E-state index is 0.427. The lowest BCUT2D eigenvalue weighted by Crippen LogP contribution is -2.65. The minimum absolute atomic E-state index is 0.427. The Kier molecular flexibility index (Phi) is 5.46. The maximum Gasteiger partial charge on any atom is 0.0589 e. The standard InChI is InChI=1S/C15H30N2O/c1-3-7-14-12-16-15(8-5-4-6-9-15)13-17(14)10-11-18-2/h14,16H,3-13H2,1-2H3. The van der Waals surface area contributed by atoms with E-state index < -0.39 is 0 Å². The van der Waals surface area contributed by atoms with Crippen LogP contribution in [0.2, 0.25) is 0 Å². The molecule has 1 aliphatic heterocycles. The summed E-state index contributed by atoms with van der Waals surface area (Å²) in [5.74, 6) is 0. The molecule has 2 rings (SSSR count). The average Bonchev–Trinajstić information content (AvgIpc) is 2.40. The van der Waals surface area contributed by atoms with Crippen LogP contribution in [0.1, 0.15) is 51.9 Å².